The van der Waals surface area contributed by atoms with E-state index in [2.05, 4.69) is 4.98 Å². The molecule has 0 N–H and O–H groups in total. The molecule has 0 unspecified atom stereocenters. The van der Waals surface area contributed by atoms with Crippen LogP contribution in [0, 0.1) is 9.65 Å². The lowest BCUT2D eigenvalue weighted by Crippen LogP contribution is -1.84. The molecule has 0 spiro atoms. The van der Waals surface area contributed by atoms with E-state index in [0.29, 0.717) is 8.72 Å². The van der Waals surface area contributed by atoms with Crippen molar-refractivity contribution in [1.82, 2.24) is 4.98 Å². The zero-order chi connectivity index (χ0) is 6.85. The summed E-state index contributed by atoms with van der Waals surface area (Å²) in [6.45, 7) is 0. The number of aromatic nitrogens is 1. The van der Waals surface area contributed by atoms with Gasteiger partial charge in [0.25, 0.3) is 0 Å². The lowest BCUT2D eigenvalue weighted by Gasteiger charge is -1.90. The monoisotopic (exact) mass is 257 g/mol. The summed E-state index contributed by atoms with van der Waals surface area (Å²) in [4.78, 5) is 3.47. The number of pyridine rings is 1. The van der Waals surface area contributed by atoms with Crippen molar-refractivity contribution in [3.05, 3.63) is 26.8 Å². The molecule has 0 bridgehead atoms. The third kappa shape index (κ3) is 2.06. The zero-order valence-corrected chi connectivity index (χ0v) is 7.15. The van der Waals surface area contributed by atoms with Crippen molar-refractivity contribution in [2.24, 2.45) is 0 Å². The molecule has 0 saturated heterocycles. The van der Waals surface area contributed by atoms with Gasteiger partial charge in [-0.3, -0.25) is 0 Å². The molecular formula is C5H2ClFIN. The summed E-state index contributed by atoms with van der Waals surface area (Å²) in [5.41, 5.74) is 0. The molecule has 1 nitrogen and oxygen atoms in total. The molecule has 1 aromatic rings. The third-order valence-corrected chi connectivity index (χ3v) is 1.50. The van der Waals surface area contributed by atoms with Crippen molar-refractivity contribution in [2.75, 3.05) is 0 Å². The van der Waals surface area contributed by atoms with E-state index >= 15 is 0 Å². The normalized spacial score (nSPS) is 9.67. The van der Waals surface area contributed by atoms with Gasteiger partial charge in [0.05, 0.1) is 0 Å². The van der Waals surface area contributed by atoms with Crippen molar-refractivity contribution in [3.8, 4) is 0 Å². The molecule has 0 atom stereocenters. The number of nitrogens with zero attached hydrogens (tertiary/aromatic N) is 1. The van der Waals surface area contributed by atoms with Crippen molar-refractivity contribution in [2.45, 2.75) is 0 Å². The van der Waals surface area contributed by atoms with E-state index in [0.717, 1.165) is 0 Å². The molecule has 48 valence electrons. The van der Waals surface area contributed by atoms with Crippen molar-refractivity contribution in [1.29, 1.82) is 0 Å². The molecule has 1 aromatic heterocycles. The number of rotatable bonds is 0. The van der Waals surface area contributed by atoms with Gasteiger partial charge in [-0.05, 0) is 28.7 Å². The fourth-order valence-electron chi connectivity index (χ4n) is 0.436. The topological polar surface area (TPSA) is 12.9 Å². The van der Waals surface area contributed by atoms with E-state index in [4.69, 9.17) is 11.6 Å². The van der Waals surface area contributed by atoms with Crippen LogP contribution in [0.2, 0.25) is 5.02 Å². The van der Waals surface area contributed by atoms with E-state index in [1.807, 2.05) is 22.6 Å². The highest BCUT2D eigenvalue weighted by molar-refractivity contribution is 14.1. The number of hydrogen-bond donors (Lipinski definition) is 0. The van der Waals surface area contributed by atoms with Gasteiger partial charge in [0.1, 0.15) is 3.70 Å². The van der Waals surface area contributed by atoms with Crippen LogP contribution >= 0.6 is 34.2 Å². The Hall–Kier alpha value is 0.1000. The Balaban J connectivity index is 3.17. The van der Waals surface area contributed by atoms with E-state index in [-0.39, 0.29) is 0 Å². The highest BCUT2D eigenvalue weighted by Gasteiger charge is 1.95. The molecule has 9 heavy (non-hydrogen) atoms. The van der Waals surface area contributed by atoms with Gasteiger partial charge >= 0.3 is 0 Å². The van der Waals surface area contributed by atoms with Gasteiger partial charge in [0.15, 0.2) is 0 Å². The van der Waals surface area contributed by atoms with Crippen LogP contribution in [0.4, 0.5) is 4.39 Å². The summed E-state index contributed by atoms with van der Waals surface area (Å²) in [5, 5.41) is 0.381. The van der Waals surface area contributed by atoms with E-state index in [9.17, 15) is 4.39 Å². The standard InChI is InChI=1S/C5H2ClFIN/c6-3-1-4(7)9-5(8)2-3/h1-2H. The first-order valence-electron chi connectivity index (χ1n) is 2.17. The molecule has 0 aromatic carbocycles. The molecule has 0 aliphatic rings. The van der Waals surface area contributed by atoms with Gasteiger partial charge in [0.2, 0.25) is 5.95 Å². The van der Waals surface area contributed by atoms with Gasteiger partial charge in [-0.2, -0.15) is 4.39 Å². The third-order valence-electron chi connectivity index (χ3n) is 0.728. The summed E-state index contributed by atoms with van der Waals surface area (Å²) < 4.78 is 12.8. The van der Waals surface area contributed by atoms with Crippen molar-refractivity contribution < 1.29 is 4.39 Å². The second kappa shape index (κ2) is 2.79. The average Bonchev–Trinajstić information content (AvgIpc) is 1.59. The second-order valence-corrected chi connectivity index (χ2v) is 2.97. The van der Waals surface area contributed by atoms with Crippen LogP contribution in [0.1, 0.15) is 0 Å². The Bertz CT molecular complexity index is 178. The highest BCUT2D eigenvalue weighted by atomic mass is 127. The molecule has 4 heteroatoms. The van der Waals surface area contributed by atoms with Gasteiger partial charge in [-0.15, -0.1) is 0 Å². The molecule has 1 rings (SSSR count). The van der Waals surface area contributed by atoms with Gasteiger partial charge in [-0.1, -0.05) is 11.6 Å². The molecule has 1 heterocycles. The summed E-state index contributed by atoms with van der Waals surface area (Å²) in [6, 6.07) is 2.76. The predicted octanol–water partition coefficient (Wildman–Crippen LogP) is 2.48. The van der Waals surface area contributed by atoms with E-state index in [1.165, 1.54) is 6.07 Å². The van der Waals surface area contributed by atoms with Crippen LogP contribution < -0.4 is 0 Å². The zero-order valence-electron chi connectivity index (χ0n) is 4.24. The molecule has 0 saturated carbocycles. The number of halogens is 3. The van der Waals surface area contributed by atoms with Crippen molar-refractivity contribution in [3.63, 3.8) is 0 Å². The molecule has 0 aliphatic carbocycles. The van der Waals surface area contributed by atoms with Gasteiger partial charge in [0, 0.05) is 11.1 Å². The van der Waals surface area contributed by atoms with Crippen LogP contribution in [0.25, 0.3) is 0 Å². The van der Waals surface area contributed by atoms with Crippen LogP contribution in [0.5, 0.6) is 0 Å². The lowest BCUT2D eigenvalue weighted by atomic mass is 10.5. The predicted molar refractivity (Wildman–Crippen MR) is 41.9 cm³/mol. The maximum atomic E-state index is 12.2. The van der Waals surface area contributed by atoms with Crippen molar-refractivity contribution >= 4 is 34.2 Å². The smallest absolute Gasteiger partial charge is 0.214 e. The Morgan fingerprint density at radius 3 is 2.67 bits per heavy atom. The SMILES string of the molecule is Fc1cc(Cl)cc(I)n1. The minimum Gasteiger partial charge on any atom is -0.214 e. The fourth-order valence-corrected chi connectivity index (χ4v) is 1.38. The average molecular weight is 257 g/mol. The summed E-state index contributed by atoms with van der Waals surface area (Å²) in [6.07, 6.45) is 0. The van der Waals surface area contributed by atoms with Crippen LogP contribution in [-0.4, -0.2) is 4.98 Å². The Morgan fingerprint density at radius 1 is 1.56 bits per heavy atom. The maximum Gasteiger partial charge on any atom is 0.215 e. The van der Waals surface area contributed by atoms with Gasteiger partial charge < -0.3 is 0 Å². The molecule has 0 aliphatic heterocycles. The quantitative estimate of drug-likeness (QED) is 0.514. The Kier molecular flexibility index (Phi) is 2.23. The minimum atomic E-state index is -0.535. The summed E-state index contributed by atoms with van der Waals surface area (Å²) >= 11 is 7.36. The summed E-state index contributed by atoms with van der Waals surface area (Å²) in [7, 11) is 0. The van der Waals surface area contributed by atoms with Crippen LogP contribution in [0.15, 0.2) is 12.1 Å². The minimum absolute atomic E-state index is 0.381. The second-order valence-electron chi connectivity index (χ2n) is 1.43. The highest BCUT2D eigenvalue weighted by Crippen LogP contribution is 2.11. The first kappa shape index (κ1) is 7.21. The lowest BCUT2D eigenvalue weighted by molar-refractivity contribution is 0.581. The fraction of sp³-hybridized carbons (Fsp3) is 0. The number of hydrogen-bond acceptors (Lipinski definition) is 1. The van der Waals surface area contributed by atoms with Crippen LogP contribution in [0.3, 0.4) is 0 Å². The molecular weight excluding hydrogens is 255 g/mol. The maximum absolute atomic E-state index is 12.2. The Labute approximate surface area is 70.4 Å². The largest absolute Gasteiger partial charge is 0.215 e. The van der Waals surface area contributed by atoms with Gasteiger partial charge in [-0.25, -0.2) is 4.98 Å². The first-order valence-corrected chi connectivity index (χ1v) is 3.63. The van der Waals surface area contributed by atoms with Crippen LogP contribution in [-0.2, 0) is 0 Å². The molecule has 0 radical (unpaired) electrons. The Morgan fingerprint density at radius 2 is 2.22 bits per heavy atom. The molecule has 0 fully saturated rings. The summed E-state index contributed by atoms with van der Waals surface area (Å²) in [5.74, 6) is -0.535. The molecule has 0 amide bonds. The van der Waals surface area contributed by atoms with E-state index < -0.39 is 5.95 Å². The first-order chi connectivity index (χ1) is 4.18. The van der Waals surface area contributed by atoms with E-state index in [1.54, 1.807) is 6.07 Å².